The van der Waals surface area contributed by atoms with Crippen LogP contribution in [0.3, 0.4) is 0 Å². The molecular weight excluding hydrogens is 576 g/mol. The van der Waals surface area contributed by atoms with Gasteiger partial charge in [0.1, 0.15) is 16.9 Å². The number of para-hydroxylation sites is 1. The van der Waals surface area contributed by atoms with Crippen molar-refractivity contribution in [3.63, 3.8) is 0 Å². The van der Waals surface area contributed by atoms with Crippen molar-refractivity contribution in [3.8, 4) is 28.7 Å². The minimum Gasteiger partial charge on any atom is -0.454 e. The number of nitrogens with zero attached hydrogens (tertiary/aromatic N) is 4. The fourth-order valence-corrected chi connectivity index (χ4v) is 7.79. The third kappa shape index (κ3) is 3.57. The van der Waals surface area contributed by atoms with Gasteiger partial charge in [-0.2, -0.15) is 0 Å². The molecule has 10 rings (SSSR count). The number of benzene rings is 6. The number of rotatable bonds is 2. The van der Waals surface area contributed by atoms with E-state index < -0.39 is 0 Å². The Morgan fingerprint density at radius 2 is 1.34 bits per heavy atom. The highest BCUT2D eigenvalue weighted by Crippen LogP contribution is 2.55. The van der Waals surface area contributed by atoms with E-state index in [0.29, 0.717) is 5.95 Å². The highest BCUT2D eigenvalue weighted by Gasteiger charge is 2.39. The zero-order valence-electron chi connectivity index (χ0n) is 25.9. The van der Waals surface area contributed by atoms with Gasteiger partial charge in [0, 0.05) is 44.5 Å². The van der Waals surface area contributed by atoms with Crippen LogP contribution in [0.5, 0.6) is 11.5 Å². The van der Waals surface area contributed by atoms with Gasteiger partial charge in [-0.25, -0.2) is 15.0 Å². The number of aromatic nitrogens is 4. The summed E-state index contributed by atoms with van der Waals surface area (Å²) in [5.41, 5.74) is 6.50. The molecule has 6 aromatic carbocycles. The van der Waals surface area contributed by atoms with Gasteiger partial charge in [0.15, 0.2) is 5.75 Å². The second-order valence-electron chi connectivity index (χ2n) is 12.8. The van der Waals surface area contributed by atoms with Crippen LogP contribution in [0.4, 0.5) is 0 Å². The zero-order chi connectivity index (χ0) is 31.3. The highest BCUT2D eigenvalue weighted by molar-refractivity contribution is 6.24. The monoisotopic (exact) mass is 604 g/mol. The van der Waals surface area contributed by atoms with E-state index in [1.54, 1.807) is 0 Å². The van der Waals surface area contributed by atoms with Gasteiger partial charge in [0.25, 0.3) is 0 Å². The predicted octanol–water partition coefficient (Wildman–Crippen LogP) is 10.5. The van der Waals surface area contributed by atoms with E-state index >= 15 is 0 Å². The van der Waals surface area contributed by atoms with Crippen molar-refractivity contribution in [2.24, 2.45) is 0 Å². The maximum atomic E-state index is 6.98. The van der Waals surface area contributed by atoms with Crippen LogP contribution in [0.2, 0.25) is 0 Å². The van der Waals surface area contributed by atoms with E-state index in [1.807, 2.05) is 24.4 Å². The molecule has 0 atom stereocenters. The van der Waals surface area contributed by atoms with Gasteiger partial charge in [-0.15, -0.1) is 0 Å². The van der Waals surface area contributed by atoms with Crippen molar-refractivity contribution < 1.29 is 4.74 Å². The van der Waals surface area contributed by atoms with Crippen molar-refractivity contribution in [1.29, 1.82) is 0 Å². The second kappa shape index (κ2) is 9.47. The topological polar surface area (TPSA) is 52.8 Å². The van der Waals surface area contributed by atoms with Crippen molar-refractivity contribution in [3.05, 3.63) is 145 Å². The molecule has 0 spiro atoms. The first-order chi connectivity index (χ1) is 23.1. The normalized spacial score (nSPS) is 13.7. The van der Waals surface area contributed by atoms with E-state index in [-0.39, 0.29) is 5.41 Å². The number of fused-ring (bicyclic) bond motifs is 12. The van der Waals surface area contributed by atoms with E-state index in [4.69, 9.17) is 19.7 Å². The molecule has 3 aromatic heterocycles. The average molecular weight is 605 g/mol. The summed E-state index contributed by atoms with van der Waals surface area (Å²) in [6.07, 6.45) is 1.85. The van der Waals surface area contributed by atoms with Crippen LogP contribution in [0, 0.1) is 0 Å². The number of pyridine rings is 1. The van der Waals surface area contributed by atoms with Crippen molar-refractivity contribution >= 4 is 54.4 Å². The fraction of sp³-hybridized carbons (Fsp3) is 0.0714. The van der Waals surface area contributed by atoms with E-state index in [9.17, 15) is 0 Å². The molecule has 47 heavy (non-hydrogen) atoms. The Balaban J connectivity index is 1.41. The zero-order valence-corrected chi connectivity index (χ0v) is 25.9. The molecule has 222 valence electrons. The summed E-state index contributed by atoms with van der Waals surface area (Å²) in [6.45, 7) is 4.59. The van der Waals surface area contributed by atoms with Crippen LogP contribution in [0.1, 0.15) is 25.0 Å². The average Bonchev–Trinajstić information content (AvgIpc) is 3.47. The Morgan fingerprint density at radius 1 is 0.617 bits per heavy atom. The molecule has 0 fully saturated rings. The van der Waals surface area contributed by atoms with E-state index in [2.05, 4.69) is 128 Å². The summed E-state index contributed by atoms with van der Waals surface area (Å²) in [5.74, 6) is 2.24. The Hall–Kier alpha value is -6.07. The Bertz CT molecular complexity index is 2740. The summed E-state index contributed by atoms with van der Waals surface area (Å²) in [4.78, 5) is 15.7. The molecule has 0 aliphatic carbocycles. The molecule has 4 heterocycles. The first-order valence-corrected chi connectivity index (χ1v) is 16.0. The van der Waals surface area contributed by atoms with Crippen molar-refractivity contribution in [2.75, 3.05) is 0 Å². The molecule has 0 saturated heterocycles. The van der Waals surface area contributed by atoms with Crippen LogP contribution < -0.4 is 4.74 Å². The van der Waals surface area contributed by atoms with Gasteiger partial charge in [-0.05, 0) is 45.8 Å². The summed E-state index contributed by atoms with van der Waals surface area (Å²) >= 11 is 0. The van der Waals surface area contributed by atoms with Gasteiger partial charge in [0.05, 0.1) is 11.2 Å². The molecule has 0 radical (unpaired) electrons. The summed E-state index contributed by atoms with van der Waals surface area (Å²) < 4.78 is 9.11. The SMILES string of the molecule is CC1(C)c2ccccc2Oc2c1c1ccccc1c1c3cccnc3n(-c3nc(-c4ccccc4)c4c(ccc5ccccc54)n3)c21. The molecule has 0 N–H and O–H groups in total. The summed E-state index contributed by atoms with van der Waals surface area (Å²) in [5, 5.41) is 7.76. The van der Waals surface area contributed by atoms with Crippen LogP contribution >= 0.6 is 0 Å². The van der Waals surface area contributed by atoms with Crippen molar-refractivity contribution in [1.82, 2.24) is 19.5 Å². The third-order valence-electron chi connectivity index (χ3n) is 9.86. The summed E-state index contributed by atoms with van der Waals surface area (Å²) in [6, 6.07) is 44.3. The molecule has 0 unspecified atom stereocenters. The molecule has 1 aliphatic heterocycles. The summed E-state index contributed by atoms with van der Waals surface area (Å²) in [7, 11) is 0. The first kappa shape index (κ1) is 26.2. The molecule has 0 bridgehead atoms. The quantitative estimate of drug-likeness (QED) is 0.184. The molecular formula is C42H28N4O. The third-order valence-corrected chi connectivity index (χ3v) is 9.86. The largest absolute Gasteiger partial charge is 0.454 e. The Kier molecular flexibility index (Phi) is 5.28. The van der Waals surface area contributed by atoms with Crippen LogP contribution in [-0.2, 0) is 5.41 Å². The first-order valence-electron chi connectivity index (χ1n) is 16.0. The molecule has 1 aliphatic rings. The smallest absolute Gasteiger partial charge is 0.237 e. The standard InChI is InChI=1S/C42H28N4O/c1-42(2)31-20-10-11-21-33(31)47-39-36(42)29-18-9-8-17-28(29)34-30-19-12-24-43-40(30)46(38(34)39)41-44-32-23-22-25-13-6-7-16-27(25)35(32)37(45-41)26-14-4-3-5-15-26/h3-24H,1-2H3. The van der Waals surface area contributed by atoms with E-state index in [1.165, 1.54) is 5.39 Å². The highest BCUT2D eigenvalue weighted by atomic mass is 16.5. The van der Waals surface area contributed by atoms with Gasteiger partial charge >= 0.3 is 0 Å². The predicted molar refractivity (Wildman–Crippen MR) is 191 cm³/mol. The molecule has 0 amide bonds. The molecule has 0 saturated carbocycles. The van der Waals surface area contributed by atoms with Gasteiger partial charge in [-0.3, -0.25) is 4.57 Å². The van der Waals surface area contributed by atoms with Crippen LogP contribution in [0.15, 0.2) is 134 Å². The molecule has 5 heteroatoms. The minimum atomic E-state index is -0.328. The lowest BCUT2D eigenvalue weighted by Gasteiger charge is -2.36. The minimum absolute atomic E-state index is 0.328. The van der Waals surface area contributed by atoms with Gasteiger partial charge in [0.2, 0.25) is 5.95 Å². The van der Waals surface area contributed by atoms with E-state index in [0.717, 1.165) is 82.9 Å². The maximum Gasteiger partial charge on any atom is 0.237 e. The fourth-order valence-electron chi connectivity index (χ4n) is 7.79. The van der Waals surface area contributed by atoms with Crippen LogP contribution in [0.25, 0.3) is 71.6 Å². The van der Waals surface area contributed by atoms with Crippen molar-refractivity contribution in [2.45, 2.75) is 19.3 Å². The number of hydrogen-bond acceptors (Lipinski definition) is 4. The number of ether oxygens (including phenoxy) is 1. The molecule has 5 nitrogen and oxygen atoms in total. The Labute approximate surface area is 270 Å². The lowest BCUT2D eigenvalue weighted by Crippen LogP contribution is -2.25. The second-order valence-corrected chi connectivity index (χ2v) is 12.8. The lowest BCUT2D eigenvalue weighted by molar-refractivity contribution is 0.424. The number of hydrogen-bond donors (Lipinski definition) is 0. The lowest BCUT2D eigenvalue weighted by atomic mass is 9.73. The maximum absolute atomic E-state index is 6.98. The van der Waals surface area contributed by atoms with Gasteiger partial charge in [-0.1, -0.05) is 117 Å². The van der Waals surface area contributed by atoms with Gasteiger partial charge < -0.3 is 4.74 Å². The van der Waals surface area contributed by atoms with Crippen LogP contribution in [-0.4, -0.2) is 19.5 Å². The Morgan fingerprint density at radius 3 is 2.21 bits per heavy atom. The molecule has 9 aromatic rings.